The second-order valence-electron chi connectivity index (χ2n) is 8.81. The summed E-state index contributed by atoms with van der Waals surface area (Å²) in [5.41, 5.74) is 1.27. The Kier molecular flexibility index (Phi) is 8.08. The van der Waals surface area contributed by atoms with Crippen LogP contribution < -0.4 is 9.47 Å². The molecule has 2 atom stereocenters. The first-order valence-corrected chi connectivity index (χ1v) is 12.4. The number of nitrogens with zero attached hydrogens (tertiary/aromatic N) is 1. The predicted octanol–water partition coefficient (Wildman–Crippen LogP) is 4.86. The second-order valence-corrected chi connectivity index (χ2v) is 8.81. The minimum absolute atomic E-state index is 0.0804. The van der Waals surface area contributed by atoms with Gasteiger partial charge in [0, 0.05) is 18.7 Å². The van der Waals surface area contributed by atoms with Gasteiger partial charge in [0.15, 0.2) is 0 Å². The van der Waals surface area contributed by atoms with Gasteiger partial charge >= 0.3 is 0 Å². The minimum atomic E-state index is -0.713. The molecule has 0 radical (unpaired) electrons. The summed E-state index contributed by atoms with van der Waals surface area (Å²) in [7, 11) is 0. The van der Waals surface area contributed by atoms with E-state index in [4.69, 9.17) is 14.2 Å². The molecule has 2 aromatic carbocycles. The molecule has 2 aliphatic heterocycles. The Labute approximate surface area is 206 Å². The fourth-order valence-corrected chi connectivity index (χ4v) is 4.53. The molecule has 2 fully saturated rings. The SMILES string of the molecule is CCCCOc1ccc(C2/C(=C(\O)c3ccc(OCC)cc3)C(=O)C(=O)N2CC2CCCO2)cc1. The van der Waals surface area contributed by atoms with Crippen molar-refractivity contribution in [1.82, 2.24) is 4.90 Å². The Morgan fingerprint density at radius 3 is 2.34 bits per heavy atom. The van der Waals surface area contributed by atoms with Crippen molar-refractivity contribution in [3.05, 3.63) is 65.2 Å². The van der Waals surface area contributed by atoms with E-state index in [1.165, 1.54) is 4.90 Å². The van der Waals surface area contributed by atoms with Gasteiger partial charge in [-0.1, -0.05) is 25.5 Å². The zero-order valence-electron chi connectivity index (χ0n) is 20.4. The van der Waals surface area contributed by atoms with E-state index in [9.17, 15) is 14.7 Å². The van der Waals surface area contributed by atoms with Crippen molar-refractivity contribution >= 4 is 17.4 Å². The molecule has 0 saturated carbocycles. The normalized spacial score (nSPS) is 21.5. The Bertz CT molecular complexity index is 1050. The van der Waals surface area contributed by atoms with E-state index in [1.807, 2.05) is 31.2 Å². The third-order valence-corrected chi connectivity index (χ3v) is 6.37. The predicted molar refractivity (Wildman–Crippen MR) is 132 cm³/mol. The maximum atomic E-state index is 13.2. The standard InChI is InChI=1S/C28H33NO6/c1-3-5-16-34-22-12-8-19(9-13-22)25-24(26(30)20-10-14-21(15-11-20)33-4-2)27(31)28(32)29(25)18-23-7-6-17-35-23/h8-15,23,25,30H,3-7,16-18H2,1-2H3/b26-24+. The molecule has 0 spiro atoms. The summed E-state index contributed by atoms with van der Waals surface area (Å²) >= 11 is 0. The largest absolute Gasteiger partial charge is 0.507 e. The van der Waals surface area contributed by atoms with Crippen LogP contribution in [0.4, 0.5) is 0 Å². The monoisotopic (exact) mass is 479 g/mol. The first-order chi connectivity index (χ1) is 17.0. The van der Waals surface area contributed by atoms with Gasteiger partial charge in [-0.25, -0.2) is 0 Å². The molecule has 1 N–H and O–H groups in total. The van der Waals surface area contributed by atoms with Crippen LogP contribution in [0.5, 0.6) is 11.5 Å². The second kappa shape index (κ2) is 11.4. The number of carbonyl (C=O) groups excluding carboxylic acids is 2. The van der Waals surface area contributed by atoms with E-state index < -0.39 is 17.7 Å². The van der Waals surface area contributed by atoms with Gasteiger partial charge in [0.25, 0.3) is 11.7 Å². The summed E-state index contributed by atoms with van der Waals surface area (Å²) in [6.07, 6.45) is 3.64. The molecule has 0 aromatic heterocycles. The number of rotatable bonds is 10. The highest BCUT2D eigenvalue weighted by molar-refractivity contribution is 6.46. The Balaban J connectivity index is 1.70. The molecular weight excluding hydrogens is 446 g/mol. The highest BCUT2D eigenvalue weighted by Gasteiger charge is 2.47. The lowest BCUT2D eigenvalue weighted by Gasteiger charge is -2.27. The third kappa shape index (κ3) is 5.51. The number of hydrogen-bond acceptors (Lipinski definition) is 6. The third-order valence-electron chi connectivity index (χ3n) is 6.37. The molecule has 7 nitrogen and oxygen atoms in total. The van der Waals surface area contributed by atoms with Crippen LogP contribution in [0.1, 0.15) is 56.7 Å². The van der Waals surface area contributed by atoms with Gasteiger partial charge in [-0.2, -0.15) is 0 Å². The molecule has 2 aliphatic rings. The smallest absolute Gasteiger partial charge is 0.295 e. The van der Waals surface area contributed by atoms with Crippen LogP contribution in [0, 0.1) is 0 Å². The minimum Gasteiger partial charge on any atom is -0.507 e. The maximum Gasteiger partial charge on any atom is 0.295 e. The van der Waals surface area contributed by atoms with Crippen molar-refractivity contribution in [2.45, 2.75) is 51.7 Å². The Morgan fingerprint density at radius 2 is 1.71 bits per heavy atom. The number of likely N-dealkylation sites (tertiary alicyclic amines) is 1. The van der Waals surface area contributed by atoms with Crippen LogP contribution in [-0.2, 0) is 14.3 Å². The molecule has 2 saturated heterocycles. The number of benzene rings is 2. The Morgan fingerprint density at radius 1 is 1.03 bits per heavy atom. The zero-order valence-corrected chi connectivity index (χ0v) is 20.4. The van der Waals surface area contributed by atoms with Crippen molar-refractivity contribution in [3.63, 3.8) is 0 Å². The molecule has 186 valence electrons. The summed E-state index contributed by atoms with van der Waals surface area (Å²) in [4.78, 5) is 27.9. The molecule has 0 bridgehead atoms. The topological polar surface area (TPSA) is 85.3 Å². The van der Waals surface area contributed by atoms with Gasteiger partial charge in [-0.15, -0.1) is 0 Å². The Hall–Kier alpha value is -3.32. The fraction of sp³-hybridized carbons (Fsp3) is 0.429. The summed E-state index contributed by atoms with van der Waals surface area (Å²) in [5.74, 6) is -0.124. The number of aliphatic hydroxyl groups is 1. The molecule has 2 heterocycles. The molecule has 0 aliphatic carbocycles. The van der Waals surface area contributed by atoms with Gasteiger partial charge < -0.3 is 24.2 Å². The molecule has 1 amide bonds. The number of ether oxygens (including phenoxy) is 3. The molecular formula is C28H33NO6. The highest BCUT2D eigenvalue weighted by atomic mass is 16.5. The van der Waals surface area contributed by atoms with Crippen molar-refractivity contribution in [2.75, 3.05) is 26.4 Å². The molecule has 4 rings (SSSR count). The van der Waals surface area contributed by atoms with Gasteiger partial charge in [0.2, 0.25) is 0 Å². The van der Waals surface area contributed by atoms with Crippen LogP contribution in [0.3, 0.4) is 0 Å². The van der Waals surface area contributed by atoms with Gasteiger partial charge in [-0.05, 0) is 68.1 Å². The van der Waals surface area contributed by atoms with Crippen LogP contribution >= 0.6 is 0 Å². The van der Waals surface area contributed by atoms with E-state index in [2.05, 4.69) is 6.92 Å². The average Bonchev–Trinajstić information content (AvgIpc) is 3.47. The molecule has 2 aromatic rings. The first kappa shape index (κ1) is 24.8. The molecule has 2 unspecified atom stereocenters. The van der Waals surface area contributed by atoms with Gasteiger partial charge in [0.05, 0.1) is 30.9 Å². The van der Waals surface area contributed by atoms with Gasteiger partial charge in [0.1, 0.15) is 17.3 Å². The van der Waals surface area contributed by atoms with Crippen molar-refractivity contribution in [1.29, 1.82) is 0 Å². The first-order valence-electron chi connectivity index (χ1n) is 12.4. The summed E-state index contributed by atoms with van der Waals surface area (Å²) in [6, 6.07) is 13.5. The van der Waals surface area contributed by atoms with E-state index in [-0.39, 0.29) is 17.4 Å². The summed E-state index contributed by atoms with van der Waals surface area (Å²) in [6.45, 7) is 6.10. The lowest BCUT2D eigenvalue weighted by atomic mass is 9.95. The lowest BCUT2D eigenvalue weighted by Crippen LogP contribution is -2.36. The van der Waals surface area contributed by atoms with Crippen molar-refractivity contribution in [3.8, 4) is 11.5 Å². The number of aliphatic hydroxyl groups excluding tert-OH is 1. The number of Topliss-reactive ketones (excluding diaryl/α,β-unsaturated/α-hetero) is 1. The van der Waals surface area contributed by atoms with E-state index in [1.54, 1.807) is 24.3 Å². The number of unbranched alkanes of at least 4 members (excludes halogenated alkanes) is 1. The quantitative estimate of drug-likeness (QED) is 0.227. The summed E-state index contributed by atoms with van der Waals surface area (Å²) in [5, 5.41) is 11.2. The van der Waals surface area contributed by atoms with Crippen LogP contribution in [0.25, 0.3) is 5.76 Å². The number of carbonyl (C=O) groups is 2. The lowest BCUT2D eigenvalue weighted by molar-refractivity contribution is -0.140. The van der Waals surface area contributed by atoms with Crippen molar-refractivity contribution in [2.24, 2.45) is 0 Å². The maximum absolute atomic E-state index is 13.2. The van der Waals surface area contributed by atoms with Crippen LogP contribution in [0.2, 0.25) is 0 Å². The number of ketones is 1. The summed E-state index contributed by atoms with van der Waals surface area (Å²) < 4.78 is 17.0. The van der Waals surface area contributed by atoms with Crippen molar-refractivity contribution < 1.29 is 28.9 Å². The molecule has 7 heteroatoms. The van der Waals surface area contributed by atoms with E-state index in [0.717, 1.165) is 37.0 Å². The van der Waals surface area contributed by atoms with Crippen LogP contribution in [-0.4, -0.2) is 54.2 Å². The number of hydrogen-bond donors (Lipinski definition) is 1. The highest BCUT2D eigenvalue weighted by Crippen LogP contribution is 2.40. The van der Waals surface area contributed by atoms with E-state index >= 15 is 0 Å². The van der Waals surface area contributed by atoms with Gasteiger partial charge in [-0.3, -0.25) is 9.59 Å². The molecule has 35 heavy (non-hydrogen) atoms. The average molecular weight is 480 g/mol. The van der Waals surface area contributed by atoms with E-state index in [0.29, 0.717) is 37.7 Å². The fourth-order valence-electron chi connectivity index (χ4n) is 4.53. The zero-order chi connectivity index (χ0) is 24.8. The number of amides is 1. The van der Waals surface area contributed by atoms with Crippen LogP contribution in [0.15, 0.2) is 54.1 Å².